The molecule has 0 bridgehead atoms. The molecule has 0 fully saturated rings. The molecule has 0 amide bonds. The Bertz CT molecular complexity index is 442. The zero-order valence-corrected chi connectivity index (χ0v) is 12.0. The van der Waals surface area contributed by atoms with Gasteiger partial charge in [0.2, 0.25) is 0 Å². The lowest BCUT2D eigenvalue weighted by molar-refractivity contribution is 0.189. The molecule has 0 unspecified atom stereocenters. The van der Waals surface area contributed by atoms with Gasteiger partial charge in [0.15, 0.2) is 5.84 Å². The van der Waals surface area contributed by atoms with Gasteiger partial charge >= 0.3 is 0 Å². The van der Waals surface area contributed by atoms with Gasteiger partial charge in [-0.2, -0.15) is 0 Å². The minimum absolute atomic E-state index is 0.0317. The van der Waals surface area contributed by atoms with Crippen molar-refractivity contribution in [2.24, 2.45) is 10.9 Å². The van der Waals surface area contributed by atoms with Gasteiger partial charge in [-0.05, 0) is 39.6 Å². The van der Waals surface area contributed by atoms with Crippen LogP contribution in [0.3, 0.4) is 0 Å². The van der Waals surface area contributed by atoms with Crippen LogP contribution in [-0.2, 0) is 6.54 Å². The largest absolute Gasteiger partial charge is 0.409 e. The summed E-state index contributed by atoms with van der Waals surface area (Å²) in [6.45, 7) is 5.77. The molecule has 0 aliphatic carbocycles. The van der Waals surface area contributed by atoms with E-state index in [1.165, 1.54) is 0 Å². The second-order valence-corrected chi connectivity index (χ2v) is 5.31. The first-order chi connectivity index (χ1) is 8.88. The average Bonchev–Trinajstić information content (AvgIpc) is 2.38. The van der Waals surface area contributed by atoms with Gasteiger partial charge in [-0.25, -0.2) is 0 Å². The first-order valence-electron chi connectivity index (χ1n) is 6.18. The number of nitrogens with two attached hydrogens (primary N) is 1. The molecular weight excluding hydrogens is 242 g/mol. The van der Waals surface area contributed by atoms with E-state index in [-0.39, 0.29) is 11.4 Å². The van der Waals surface area contributed by atoms with Gasteiger partial charge in [-0.3, -0.25) is 4.98 Å². The standard InChI is InChI=1S/C13H23N5O/c1-13(2,18(3)4)9-15-8-10-6-5-7-16-11(10)12(14)17-19/h5-7,15,19H,8-9H2,1-4H3,(H2,14,17). The lowest BCUT2D eigenvalue weighted by atomic mass is 10.0. The second kappa shape index (κ2) is 6.49. The van der Waals surface area contributed by atoms with Gasteiger partial charge in [-0.1, -0.05) is 11.2 Å². The van der Waals surface area contributed by atoms with Crippen LogP contribution in [-0.4, -0.2) is 47.1 Å². The van der Waals surface area contributed by atoms with E-state index in [2.05, 4.69) is 34.2 Å². The summed E-state index contributed by atoms with van der Waals surface area (Å²) in [5.74, 6) is 0.0317. The summed E-state index contributed by atoms with van der Waals surface area (Å²) >= 11 is 0. The van der Waals surface area contributed by atoms with E-state index in [0.29, 0.717) is 12.2 Å². The fraction of sp³-hybridized carbons (Fsp3) is 0.538. The molecule has 0 radical (unpaired) electrons. The first kappa shape index (κ1) is 15.4. The van der Waals surface area contributed by atoms with Gasteiger partial charge in [0, 0.05) is 24.8 Å². The van der Waals surface area contributed by atoms with Crippen molar-refractivity contribution in [2.45, 2.75) is 25.9 Å². The summed E-state index contributed by atoms with van der Waals surface area (Å²) in [5, 5.41) is 15.1. The molecule has 0 saturated heterocycles. The number of aromatic nitrogens is 1. The van der Waals surface area contributed by atoms with Gasteiger partial charge in [-0.15, -0.1) is 0 Å². The van der Waals surface area contributed by atoms with E-state index in [1.54, 1.807) is 6.20 Å². The lowest BCUT2D eigenvalue weighted by Crippen LogP contribution is -2.46. The molecule has 6 nitrogen and oxygen atoms in total. The molecular formula is C13H23N5O. The number of pyridine rings is 1. The number of nitrogens with zero attached hydrogens (tertiary/aromatic N) is 3. The number of oxime groups is 1. The lowest BCUT2D eigenvalue weighted by Gasteiger charge is -2.32. The van der Waals surface area contributed by atoms with Crippen molar-refractivity contribution in [1.82, 2.24) is 15.2 Å². The number of hydrogen-bond donors (Lipinski definition) is 3. The van der Waals surface area contributed by atoms with Crippen LogP contribution >= 0.6 is 0 Å². The average molecular weight is 265 g/mol. The maximum atomic E-state index is 8.74. The predicted molar refractivity (Wildman–Crippen MR) is 76.2 cm³/mol. The molecule has 1 heterocycles. The zero-order valence-electron chi connectivity index (χ0n) is 12.0. The predicted octanol–water partition coefficient (Wildman–Crippen LogP) is 0.606. The Morgan fingerprint density at radius 3 is 2.79 bits per heavy atom. The van der Waals surface area contributed by atoms with Crippen LogP contribution in [0.25, 0.3) is 0 Å². The van der Waals surface area contributed by atoms with E-state index in [1.807, 2.05) is 26.2 Å². The van der Waals surface area contributed by atoms with Crippen molar-refractivity contribution in [2.75, 3.05) is 20.6 Å². The number of rotatable bonds is 6. The molecule has 1 aromatic rings. The van der Waals surface area contributed by atoms with Crippen molar-refractivity contribution in [3.63, 3.8) is 0 Å². The highest BCUT2D eigenvalue weighted by Crippen LogP contribution is 2.09. The molecule has 106 valence electrons. The summed E-state index contributed by atoms with van der Waals surface area (Å²) in [6.07, 6.45) is 1.63. The Balaban J connectivity index is 2.69. The van der Waals surface area contributed by atoms with E-state index in [0.717, 1.165) is 12.1 Å². The highest BCUT2D eigenvalue weighted by molar-refractivity contribution is 5.96. The number of amidine groups is 1. The molecule has 1 aromatic heterocycles. The minimum Gasteiger partial charge on any atom is -0.409 e. The molecule has 6 heteroatoms. The van der Waals surface area contributed by atoms with E-state index >= 15 is 0 Å². The molecule has 0 aliphatic heterocycles. The van der Waals surface area contributed by atoms with Crippen molar-refractivity contribution in [3.8, 4) is 0 Å². The SMILES string of the molecule is CN(C)C(C)(C)CNCc1cccnc1C(N)=NO. The van der Waals surface area contributed by atoms with Gasteiger partial charge in [0.1, 0.15) is 5.69 Å². The van der Waals surface area contributed by atoms with Crippen molar-refractivity contribution in [1.29, 1.82) is 0 Å². The van der Waals surface area contributed by atoms with Crippen LogP contribution in [0.15, 0.2) is 23.5 Å². The Morgan fingerprint density at radius 1 is 1.53 bits per heavy atom. The smallest absolute Gasteiger partial charge is 0.189 e. The molecule has 0 aliphatic rings. The number of nitrogens with one attached hydrogen (secondary N) is 1. The van der Waals surface area contributed by atoms with Crippen LogP contribution in [0.4, 0.5) is 0 Å². The van der Waals surface area contributed by atoms with E-state index in [4.69, 9.17) is 10.9 Å². The van der Waals surface area contributed by atoms with Crippen molar-refractivity contribution < 1.29 is 5.21 Å². The van der Waals surface area contributed by atoms with E-state index < -0.39 is 0 Å². The third-order valence-electron chi connectivity index (χ3n) is 3.33. The molecule has 0 saturated carbocycles. The van der Waals surface area contributed by atoms with Crippen LogP contribution in [0.2, 0.25) is 0 Å². The third kappa shape index (κ3) is 4.18. The topological polar surface area (TPSA) is 86.8 Å². The normalized spacial score (nSPS) is 13.0. The molecule has 0 atom stereocenters. The maximum absolute atomic E-state index is 8.74. The maximum Gasteiger partial charge on any atom is 0.189 e. The fourth-order valence-corrected chi connectivity index (χ4v) is 1.52. The van der Waals surface area contributed by atoms with Gasteiger partial charge < -0.3 is 21.2 Å². The molecule has 1 rings (SSSR count). The van der Waals surface area contributed by atoms with E-state index in [9.17, 15) is 0 Å². The summed E-state index contributed by atoms with van der Waals surface area (Å²) in [7, 11) is 4.10. The number of hydrogen-bond acceptors (Lipinski definition) is 5. The summed E-state index contributed by atoms with van der Waals surface area (Å²) in [6, 6.07) is 3.75. The van der Waals surface area contributed by atoms with Gasteiger partial charge in [0.25, 0.3) is 0 Å². The van der Waals surface area contributed by atoms with Crippen LogP contribution in [0.1, 0.15) is 25.1 Å². The Morgan fingerprint density at radius 2 is 2.21 bits per heavy atom. The third-order valence-corrected chi connectivity index (χ3v) is 3.33. The van der Waals surface area contributed by atoms with Crippen LogP contribution < -0.4 is 11.1 Å². The van der Waals surface area contributed by atoms with Crippen LogP contribution in [0.5, 0.6) is 0 Å². The highest BCUT2D eigenvalue weighted by atomic mass is 16.4. The quantitative estimate of drug-likeness (QED) is 0.303. The zero-order chi connectivity index (χ0) is 14.5. The molecule has 0 aromatic carbocycles. The molecule has 4 N–H and O–H groups in total. The molecule has 19 heavy (non-hydrogen) atoms. The van der Waals surface area contributed by atoms with Gasteiger partial charge in [0.05, 0.1) is 0 Å². The highest BCUT2D eigenvalue weighted by Gasteiger charge is 2.19. The second-order valence-electron chi connectivity index (χ2n) is 5.31. The number of likely N-dealkylation sites (N-methyl/N-ethyl adjacent to an activating group) is 1. The van der Waals surface area contributed by atoms with Crippen LogP contribution in [0, 0.1) is 0 Å². The van der Waals surface area contributed by atoms with Crippen molar-refractivity contribution in [3.05, 3.63) is 29.6 Å². The Kier molecular flexibility index (Phi) is 5.26. The Hall–Kier alpha value is -1.66. The summed E-state index contributed by atoms with van der Waals surface area (Å²) in [4.78, 5) is 6.29. The first-order valence-corrected chi connectivity index (χ1v) is 6.18. The summed E-state index contributed by atoms with van der Waals surface area (Å²) in [5.41, 5.74) is 7.08. The Labute approximate surface area is 114 Å². The fourth-order valence-electron chi connectivity index (χ4n) is 1.52. The molecule has 0 spiro atoms. The van der Waals surface area contributed by atoms with Crippen molar-refractivity contribution >= 4 is 5.84 Å². The summed E-state index contributed by atoms with van der Waals surface area (Å²) < 4.78 is 0. The minimum atomic E-state index is 0.0317. The monoisotopic (exact) mass is 265 g/mol.